The molecule has 0 amide bonds. The standard InChI is InChI=1S/C9H18O5/c1-5-6-8(12-4)14-9(3,11)13-7(2)10/h8,11H,5-6H2,1-4H3. The fourth-order valence-electron chi connectivity index (χ4n) is 0.995. The molecule has 0 aliphatic rings. The third-order valence-corrected chi connectivity index (χ3v) is 1.47. The third-order valence-electron chi connectivity index (χ3n) is 1.47. The number of aliphatic hydroxyl groups is 1. The zero-order chi connectivity index (χ0) is 11.2. The first-order chi connectivity index (χ1) is 6.41. The Hall–Kier alpha value is -0.650. The quantitative estimate of drug-likeness (QED) is 0.519. The van der Waals surface area contributed by atoms with Crippen LogP contribution < -0.4 is 0 Å². The normalized spacial score (nSPS) is 17.2. The maximum absolute atomic E-state index is 10.6. The van der Waals surface area contributed by atoms with Crippen LogP contribution in [0.5, 0.6) is 0 Å². The van der Waals surface area contributed by atoms with E-state index in [1.807, 2.05) is 6.92 Å². The molecule has 2 unspecified atom stereocenters. The van der Waals surface area contributed by atoms with Crippen LogP contribution in [0.1, 0.15) is 33.6 Å². The van der Waals surface area contributed by atoms with Crippen LogP contribution in [0.4, 0.5) is 0 Å². The molecule has 2 atom stereocenters. The van der Waals surface area contributed by atoms with Crippen molar-refractivity contribution in [3.8, 4) is 0 Å². The van der Waals surface area contributed by atoms with E-state index < -0.39 is 18.2 Å². The van der Waals surface area contributed by atoms with Gasteiger partial charge in [-0.3, -0.25) is 9.53 Å². The van der Waals surface area contributed by atoms with Crippen molar-refractivity contribution in [1.82, 2.24) is 0 Å². The van der Waals surface area contributed by atoms with Gasteiger partial charge in [0.25, 0.3) is 0 Å². The molecule has 84 valence electrons. The molecule has 0 aromatic rings. The molecular formula is C9H18O5. The van der Waals surface area contributed by atoms with Gasteiger partial charge in [-0.15, -0.1) is 0 Å². The van der Waals surface area contributed by atoms with Gasteiger partial charge in [0.15, 0.2) is 6.29 Å². The molecule has 0 heterocycles. The van der Waals surface area contributed by atoms with Gasteiger partial charge in [0.2, 0.25) is 0 Å². The summed E-state index contributed by atoms with van der Waals surface area (Å²) < 4.78 is 14.5. The van der Waals surface area contributed by atoms with E-state index in [2.05, 4.69) is 4.74 Å². The van der Waals surface area contributed by atoms with E-state index in [0.717, 1.165) is 6.42 Å². The average molecular weight is 206 g/mol. The molecular weight excluding hydrogens is 188 g/mol. The van der Waals surface area contributed by atoms with Crippen molar-refractivity contribution < 1.29 is 24.1 Å². The summed E-state index contributed by atoms with van der Waals surface area (Å²) >= 11 is 0. The van der Waals surface area contributed by atoms with E-state index in [-0.39, 0.29) is 0 Å². The molecule has 0 aliphatic heterocycles. The highest BCUT2D eigenvalue weighted by Gasteiger charge is 2.28. The monoisotopic (exact) mass is 206 g/mol. The summed E-state index contributed by atoms with van der Waals surface area (Å²) in [6.07, 6.45) is 0.886. The van der Waals surface area contributed by atoms with Gasteiger partial charge in [-0.2, -0.15) is 0 Å². The molecule has 0 bridgehead atoms. The minimum atomic E-state index is -1.93. The number of rotatable bonds is 6. The summed E-state index contributed by atoms with van der Waals surface area (Å²) in [5.74, 6) is -2.54. The Balaban J connectivity index is 4.09. The lowest BCUT2D eigenvalue weighted by Gasteiger charge is -2.27. The summed E-state index contributed by atoms with van der Waals surface area (Å²) in [7, 11) is 1.46. The Bertz CT molecular complexity index is 178. The van der Waals surface area contributed by atoms with E-state index in [9.17, 15) is 9.90 Å². The molecule has 0 saturated carbocycles. The second-order valence-electron chi connectivity index (χ2n) is 3.06. The van der Waals surface area contributed by atoms with Gasteiger partial charge < -0.3 is 14.6 Å². The lowest BCUT2D eigenvalue weighted by Crippen LogP contribution is -2.38. The molecule has 0 spiro atoms. The Morgan fingerprint density at radius 1 is 1.57 bits per heavy atom. The van der Waals surface area contributed by atoms with Crippen LogP contribution in [0.25, 0.3) is 0 Å². The van der Waals surface area contributed by atoms with Gasteiger partial charge in [-0.25, -0.2) is 0 Å². The van der Waals surface area contributed by atoms with Gasteiger partial charge in [-0.1, -0.05) is 13.3 Å². The smallest absolute Gasteiger partial charge is 0.325 e. The molecule has 5 nitrogen and oxygen atoms in total. The maximum Gasteiger partial charge on any atom is 0.325 e. The first-order valence-corrected chi connectivity index (χ1v) is 4.54. The molecule has 5 heteroatoms. The fourth-order valence-corrected chi connectivity index (χ4v) is 0.995. The van der Waals surface area contributed by atoms with Crippen LogP contribution in [0.3, 0.4) is 0 Å². The minimum Gasteiger partial charge on any atom is -0.408 e. The van der Waals surface area contributed by atoms with Crippen molar-refractivity contribution in [1.29, 1.82) is 0 Å². The van der Waals surface area contributed by atoms with Crippen LogP contribution in [0.2, 0.25) is 0 Å². The number of esters is 1. The van der Waals surface area contributed by atoms with E-state index in [0.29, 0.717) is 6.42 Å². The Morgan fingerprint density at radius 3 is 2.50 bits per heavy atom. The first kappa shape index (κ1) is 13.4. The maximum atomic E-state index is 10.6. The Kier molecular flexibility index (Phi) is 5.68. The number of carbonyl (C=O) groups excluding carboxylic acids is 1. The molecule has 0 aromatic heterocycles. The lowest BCUT2D eigenvalue weighted by atomic mass is 10.3. The third kappa shape index (κ3) is 5.90. The van der Waals surface area contributed by atoms with Crippen molar-refractivity contribution in [3.05, 3.63) is 0 Å². The minimum absolute atomic E-state index is 0.575. The summed E-state index contributed by atoms with van der Waals surface area (Å²) in [5.41, 5.74) is 0. The Morgan fingerprint density at radius 2 is 2.14 bits per heavy atom. The molecule has 0 aliphatic carbocycles. The second kappa shape index (κ2) is 5.95. The average Bonchev–Trinajstić information content (AvgIpc) is 2.00. The van der Waals surface area contributed by atoms with Gasteiger partial charge in [0.1, 0.15) is 0 Å². The van der Waals surface area contributed by atoms with E-state index >= 15 is 0 Å². The van der Waals surface area contributed by atoms with Crippen molar-refractivity contribution in [2.75, 3.05) is 7.11 Å². The highest BCUT2D eigenvalue weighted by atomic mass is 16.9. The summed E-state index contributed by atoms with van der Waals surface area (Å²) in [6.45, 7) is 4.39. The fraction of sp³-hybridized carbons (Fsp3) is 0.889. The second-order valence-corrected chi connectivity index (χ2v) is 3.06. The predicted octanol–water partition coefficient (Wildman–Crippen LogP) is 1.00. The number of ether oxygens (including phenoxy) is 3. The predicted molar refractivity (Wildman–Crippen MR) is 49.2 cm³/mol. The zero-order valence-corrected chi connectivity index (χ0v) is 9.07. The molecule has 0 aromatic carbocycles. The van der Waals surface area contributed by atoms with Gasteiger partial charge in [0, 0.05) is 21.0 Å². The van der Waals surface area contributed by atoms with Gasteiger partial charge in [-0.05, 0) is 6.42 Å². The number of hydrogen-bond donors (Lipinski definition) is 1. The largest absolute Gasteiger partial charge is 0.408 e. The topological polar surface area (TPSA) is 65.0 Å². The molecule has 0 fully saturated rings. The van der Waals surface area contributed by atoms with Crippen LogP contribution in [0.15, 0.2) is 0 Å². The molecule has 14 heavy (non-hydrogen) atoms. The van der Waals surface area contributed by atoms with E-state index in [1.54, 1.807) is 0 Å². The Labute approximate surface area is 84.0 Å². The van der Waals surface area contributed by atoms with Crippen molar-refractivity contribution in [3.63, 3.8) is 0 Å². The van der Waals surface area contributed by atoms with Crippen LogP contribution in [-0.2, 0) is 19.0 Å². The van der Waals surface area contributed by atoms with Crippen molar-refractivity contribution in [2.24, 2.45) is 0 Å². The van der Waals surface area contributed by atoms with Crippen molar-refractivity contribution >= 4 is 5.97 Å². The summed E-state index contributed by atoms with van der Waals surface area (Å²) in [4.78, 5) is 10.6. The van der Waals surface area contributed by atoms with Crippen LogP contribution in [0, 0.1) is 0 Å². The zero-order valence-electron chi connectivity index (χ0n) is 9.07. The molecule has 0 radical (unpaired) electrons. The van der Waals surface area contributed by atoms with Crippen LogP contribution in [-0.4, -0.2) is 30.4 Å². The number of hydrogen-bond acceptors (Lipinski definition) is 5. The molecule has 1 N–H and O–H groups in total. The summed E-state index contributed by atoms with van der Waals surface area (Å²) in [5, 5.41) is 9.47. The molecule has 0 rings (SSSR count). The lowest BCUT2D eigenvalue weighted by molar-refractivity contribution is -0.375. The van der Waals surface area contributed by atoms with Gasteiger partial charge >= 0.3 is 11.9 Å². The first-order valence-electron chi connectivity index (χ1n) is 4.54. The highest BCUT2D eigenvalue weighted by molar-refractivity contribution is 5.66. The number of methoxy groups -OCH3 is 1. The number of carbonyl (C=O) groups is 1. The molecule has 0 saturated heterocycles. The van der Waals surface area contributed by atoms with Crippen molar-refractivity contribution in [2.45, 2.75) is 45.9 Å². The SMILES string of the molecule is CCCC(OC)OC(C)(O)OC(C)=O. The van der Waals surface area contributed by atoms with Gasteiger partial charge in [0.05, 0.1) is 0 Å². The van der Waals surface area contributed by atoms with E-state index in [4.69, 9.17) is 9.47 Å². The van der Waals surface area contributed by atoms with E-state index in [1.165, 1.54) is 21.0 Å². The summed E-state index contributed by atoms with van der Waals surface area (Å²) in [6, 6.07) is 0. The van der Waals surface area contributed by atoms with Crippen LogP contribution >= 0.6 is 0 Å². The highest BCUT2D eigenvalue weighted by Crippen LogP contribution is 2.15.